The molecule has 1 aliphatic rings. The van der Waals surface area contributed by atoms with Crippen molar-refractivity contribution in [3.8, 4) is 17.0 Å². The summed E-state index contributed by atoms with van der Waals surface area (Å²) in [5.41, 5.74) is 3.90. The number of benzene rings is 1. The molecule has 2 N–H and O–H groups in total. The number of nitrogens with zero attached hydrogens (tertiary/aromatic N) is 3. The predicted octanol–water partition coefficient (Wildman–Crippen LogP) is 2.67. The van der Waals surface area contributed by atoms with Crippen LogP contribution in [0.3, 0.4) is 0 Å². The number of rotatable bonds is 5. The van der Waals surface area contributed by atoms with Crippen molar-refractivity contribution in [3.05, 3.63) is 40.3 Å². The Morgan fingerprint density at radius 2 is 2.21 bits per heavy atom. The number of aromatic nitrogens is 3. The Morgan fingerprint density at radius 1 is 1.41 bits per heavy atom. The fourth-order valence-electron chi connectivity index (χ4n) is 3.83. The number of carboxylic acid groups (broad SMARTS) is 1. The molecule has 0 saturated carbocycles. The van der Waals surface area contributed by atoms with Crippen molar-refractivity contribution in [3.63, 3.8) is 0 Å². The molecule has 29 heavy (non-hydrogen) atoms. The lowest BCUT2D eigenvalue weighted by molar-refractivity contribution is -0.136. The van der Waals surface area contributed by atoms with Crippen molar-refractivity contribution in [2.75, 3.05) is 11.9 Å². The zero-order chi connectivity index (χ0) is 20.7. The monoisotopic (exact) mass is 398 g/mol. The van der Waals surface area contributed by atoms with Crippen molar-refractivity contribution in [2.45, 2.75) is 33.1 Å². The van der Waals surface area contributed by atoms with Gasteiger partial charge in [0.2, 0.25) is 6.41 Å². The van der Waals surface area contributed by atoms with Crippen LogP contribution in [0.1, 0.15) is 28.8 Å². The fraction of sp³-hybridized carbons (Fsp3) is 0.300. The van der Waals surface area contributed by atoms with Crippen molar-refractivity contribution in [1.29, 1.82) is 0 Å². The molecule has 0 aliphatic carbocycles. The van der Waals surface area contributed by atoms with Gasteiger partial charge in [-0.1, -0.05) is 0 Å². The molecule has 9 heteroatoms. The third-order valence-electron chi connectivity index (χ3n) is 5.13. The molecule has 8 nitrogen and oxygen atoms in total. The molecule has 150 valence electrons. The van der Waals surface area contributed by atoms with Crippen LogP contribution in [0.25, 0.3) is 16.9 Å². The molecule has 1 aromatic carbocycles. The summed E-state index contributed by atoms with van der Waals surface area (Å²) in [7, 11) is 0. The van der Waals surface area contributed by atoms with Gasteiger partial charge in [-0.3, -0.25) is 9.59 Å². The minimum atomic E-state index is -1.03. The fourth-order valence-corrected chi connectivity index (χ4v) is 3.83. The third-order valence-corrected chi connectivity index (χ3v) is 5.13. The average Bonchev–Trinajstić information content (AvgIpc) is 3.07. The Bertz CT molecular complexity index is 1160. The third kappa shape index (κ3) is 3.18. The Labute approximate surface area is 165 Å². The summed E-state index contributed by atoms with van der Waals surface area (Å²) in [6, 6.07) is 2.93. The number of hydrogen-bond donors (Lipinski definition) is 2. The molecule has 0 spiro atoms. The van der Waals surface area contributed by atoms with E-state index in [9.17, 15) is 19.1 Å². The molecule has 3 aromatic rings. The molecular formula is C20H19FN4O4. The van der Waals surface area contributed by atoms with Crippen LogP contribution in [0.5, 0.6) is 5.75 Å². The van der Waals surface area contributed by atoms with Crippen molar-refractivity contribution < 1.29 is 23.8 Å². The maximum atomic E-state index is 14.9. The number of fused-ring (bicyclic) bond motifs is 2. The number of carboxylic acids is 1. The summed E-state index contributed by atoms with van der Waals surface area (Å²) < 4.78 is 21.8. The predicted molar refractivity (Wildman–Crippen MR) is 103 cm³/mol. The van der Waals surface area contributed by atoms with E-state index in [1.54, 1.807) is 13.0 Å². The molecule has 1 amide bonds. The normalized spacial score (nSPS) is 13.1. The van der Waals surface area contributed by atoms with Gasteiger partial charge in [0, 0.05) is 28.5 Å². The van der Waals surface area contributed by atoms with Crippen LogP contribution >= 0.6 is 0 Å². The Balaban J connectivity index is 2.07. The molecule has 4 rings (SSSR count). The molecule has 0 fully saturated rings. The van der Waals surface area contributed by atoms with E-state index in [1.165, 1.54) is 10.6 Å². The summed E-state index contributed by atoms with van der Waals surface area (Å²) in [4.78, 5) is 26.8. The number of ether oxygens (including phenoxy) is 1. The van der Waals surface area contributed by atoms with Crippen LogP contribution in [0, 0.1) is 19.7 Å². The number of halogens is 1. The maximum Gasteiger partial charge on any atom is 0.307 e. The molecule has 3 heterocycles. The summed E-state index contributed by atoms with van der Waals surface area (Å²) in [6.07, 6.45) is 1.64. The smallest absolute Gasteiger partial charge is 0.307 e. The van der Waals surface area contributed by atoms with E-state index in [0.29, 0.717) is 47.6 Å². The highest BCUT2D eigenvalue weighted by atomic mass is 19.1. The Morgan fingerprint density at radius 3 is 2.93 bits per heavy atom. The van der Waals surface area contributed by atoms with Gasteiger partial charge in [0.15, 0.2) is 23.0 Å². The van der Waals surface area contributed by atoms with E-state index in [4.69, 9.17) is 4.74 Å². The lowest BCUT2D eigenvalue weighted by atomic mass is 9.91. The Hall–Kier alpha value is -3.49. The van der Waals surface area contributed by atoms with Gasteiger partial charge in [-0.25, -0.2) is 13.9 Å². The first-order valence-electron chi connectivity index (χ1n) is 9.17. The minimum absolute atomic E-state index is 0.253. The van der Waals surface area contributed by atoms with E-state index in [1.807, 2.05) is 6.92 Å². The van der Waals surface area contributed by atoms with Gasteiger partial charge in [0.1, 0.15) is 0 Å². The first-order chi connectivity index (χ1) is 13.9. The van der Waals surface area contributed by atoms with Crippen molar-refractivity contribution >= 4 is 23.8 Å². The second kappa shape index (κ2) is 7.16. The van der Waals surface area contributed by atoms with Crippen molar-refractivity contribution in [1.82, 2.24) is 14.6 Å². The molecule has 1 aliphatic heterocycles. The summed E-state index contributed by atoms with van der Waals surface area (Å²) in [5.74, 6) is -1.01. The van der Waals surface area contributed by atoms with Crippen LogP contribution in [0.2, 0.25) is 0 Å². The number of aryl methyl sites for hydroxylation is 1. The topological polar surface area (TPSA) is 106 Å². The highest BCUT2D eigenvalue weighted by Crippen LogP contribution is 2.39. The molecule has 0 unspecified atom stereocenters. The van der Waals surface area contributed by atoms with Crippen molar-refractivity contribution in [2.24, 2.45) is 0 Å². The van der Waals surface area contributed by atoms with E-state index in [0.717, 1.165) is 17.5 Å². The first kappa shape index (κ1) is 18.9. The number of nitrogens with one attached hydrogen (secondary N) is 1. The zero-order valence-corrected chi connectivity index (χ0v) is 16.0. The van der Waals surface area contributed by atoms with Gasteiger partial charge in [-0.05, 0) is 38.3 Å². The van der Waals surface area contributed by atoms with Crippen LogP contribution < -0.4 is 10.1 Å². The molecular weight excluding hydrogens is 379 g/mol. The van der Waals surface area contributed by atoms with Gasteiger partial charge >= 0.3 is 5.97 Å². The number of aliphatic carboxylic acids is 1. The number of amides is 1. The zero-order valence-electron chi connectivity index (χ0n) is 16.0. The SMILES string of the molecule is Cc1nc2cc(NC=O)nn2c(-c2cc(F)c3c(c2C)CCCO3)c1CC(=O)O. The summed E-state index contributed by atoms with van der Waals surface area (Å²) >= 11 is 0. The number of anilines is 1. The molecule has 0 atom stereocenters. The number of hydrogen-bond acceptors (Lipinski definition) is 5. The average molecular weight is 398 g/mol. The second-order valence-corrected chi connectivity index (χ2v) is 6.95. The highest BCUT2D eigenvalue weighted by Gasteiger charge is 2.25. The van der Waals surface area contributed by atoms with Crippen LogP contribution in [-0.4, -0.2) is 38.7 Å². The van der Waals surface area contributed by atoms with Gasteiger partial charge in [0.05, 0.1) is 18.7 Å². The van der Waals surface area contributed by atoms with Gasteiger partial charge in [-0.15, -0.1) is 5.10 Å². The van der Waals surface area contributed by atoms with Crippen LogP contribution in [0.15, 0.2) is 12.1 Å². The highest BCUT2D eigenvalue weighted by molar-refractivity contribution is 5.80. The molecule has 0 radical (unpaired) electrons. The minimum Gasteiger partial charge on any atom is -0.490 e. The van der Waals surface area contributed by atoms with Gasteiger partial charge in [-0.2, -0.15) is 0 Å². The molecule has 0 bridgehead atoms. The first-order valence-corrected chi connectivity index (χ1v) is 9.17. The number of carbonyl (C=O) groups is 2. The van der Waals surface area contributed by atoms with Gasteiger partial charge in [0.25, 0.3) is 0 Å². The van der Waals surface area contributed by atoms with Crippen LogP contribution in [-0.2, 0) is 22.4 Å². The molecule has 2 aromatic heterocycles. The van der Waals surface area contributed by atoms with Crippen LogP contribution in [0.4, 0.5) is 10.2 Å². The van der Waals surface area contributed by atoms with E-state index >= 15 is 0 Å². The maximum absolute atomic E-state index is 14.9. The summed E-state index contributed by atoms with van der Waals surface area (Å²) in [5, 5.41) is 16.2. The largest absolute Gasteiger partial charge is 0.490 e. The second-order valence-electron chi connectivity index (χ2n) is 6.95. The van der Waals surface area contributed by atoms with Gasteiger partial charge < -0.3 is 15.2 Å². The van der Waals surface area contributed by atoms with E-state index < -0.39 is 11.8 Å². The lowest BCUT2D eigenvalue weighted by Crippen LogP contribution is -2.14. The Kier molecular flexibility index (Phi) is 4.65. The standard InChI is InChI=1S/C20H19FN4O4/c1-10-12-4-3-5-29-20(12)15(21)6-13(10)19-14(7-18(27)28)11(2)23-17-8-16(22-9-26)24-25(17)19/h6,8-9H,3-5,7H2,1-2H3,(H,27,28)(H,22,24,26). The number of carbonyl (C=O) groups excluding carboxylic acids is 1. The van der Waals surface area contributed by atoms with E-state index in [-0.39, 0.29) is 18.0 Å². The lowest BCUT2D eigenvalue weighted by Gasteiger charge is -2.23. The van der Waals surface area contributed by atoms with E-state index in [2.05, 4.69) is 15.4 Å². The quantitative estimate of drug-likeness (QED) is 0.640. The molecule has 0 saturated heterocycles. The summed E-state index contributed by atoms with van der Waals surface area (Å²) in [6.45, 7) is 4.03.